The Morgan fingerprint density at radius 2 is 2.19 bits per heavy atom. The van der Waals surface area contributed by atoms with Crippen LogP contribution in [0.1, 0.15) is 27.9 Å². The number of nitriles is 1. The number of carbonyl (C=O) groups excluding carboxylic acids is 1. The van der Waals surface area contributed by atoms with Gasteiger partial charge >= 0.3 is 5.97 Å². The van der Waals surface area contributed by atoms with Crippen LogP contribution in [-0.2, 0) is 4.74 Å². The number of ether oxygens (including phenoxy) is 1. The molecule has 16 heavy (non-hydrogen) atoms. The van der Waals surface area contributed by atoms with Crippen LogP contribution < -0.4 is 0 Å². The number of nitrogens with zero attached hydrogens (tertiary/aromatic N) is 1. The number of esters is 1. The van der Waals surface area contributed by atoms with Crippen molar-refractivity contribution in [3.8, 4) is 6.07 Å². The molecule has 0 aliphatic rings. The van der Waals surface area contributed by atoms with Crippen LogP contribution in [-0.4, -0.2) is 13.1 Å². The topological polar surface area (TPSA) is 50.1 Å². The molecule has 0 aromatic heterocycles. The molecule has 0 saturated heterocycles. The van der Waals surface area contributed by atoms with Crippen LogP contribution in [0.5, 0.6) is 0 Å². The van der Waals surface area contributed by atoms with Gasteiger partial charge in [0.15, 0.2) is 0 Å². The van der Waals surface area contributed by atoms with Crippen LogP contribution in [0, 0.1) is 11.3 Å². The van der Waals surface area contributed by atoms with Crippen molar-refractivity contribution in [3.05, 3.63) is 33.3 Å². The highest BCUT2D eigenvalue weighted by atomic mass is 79.9. The Bertz CT molecular complexity index is 469. The monoisotopic (exact) mass is 289 g/mol. The molecule has 0 saturated carbocycles. The summed E-state index contributed by atoms with van der Waals surface area (Å²) < 4.78 is 29.9. The molecule has 0 amide bonds. The van der Waals surface area contributed by atoms with Crippen molar-refractivity contribution in [2.45, 2.75) is 6.43 Å². The number of rotatable bonds is 2. The van der Waals surface area contributed by atoms with E-state index in [1.807, 2.05) is 0 Å². The molecule has 0 fully saturated rings. The van der Waals surface area contributed by atoms with Crippen LogP contribution in [0.2, 0.25) is 0 Å². The van der Waals surface area contributed by atoms with Crippen molar-refractivity contribution in [1.29, 1.82) is 5.26 Å². The maximum atomic E-state index is 12.6. The zero-order valence-electron chi connectivity index (χ0n) is 8.13. The highest BCUT2D eigenvalue weighted by Gasteiger charge is 2.21. The van der Waals surface area contributed by atoms with E-state index in [2.05, 4.69) is 20.7 Å². The molecule has 6 heteroatoms. The minimum Gasteiger partial charge on any atom is -0.465 e. The summed E-state index contributed by atoms with van der Waals surface area (Å²) in [6, 6.07) is 3.87. The van der Waals surface area contributed by atoms with E-state index in [0.717, 1.165) is 19.2 Å². The third-order valence-electron chi connectivity index (χ3n) is 1.90. The molecule has 0 atom stereocenters. The lowest BCUT2D eigenvalue weighted by molar-refractivity contribution is 0.0589. The second-order valence-corrected chi connectivity index (χ2v) is 3.68. The number of halogens is 3. The van der Waals surface area contributed by atoms with Crippen LogP contribution in [0.4, 0.5) is 8.78 Å². The Labute approximate surface area is 98.8 Å². The van der Waals surface area contributed by atoms with Crippen LogP contribution >= 0.6 is 15.9 Å². The maximum absolute atomic E-state index is 12.6. The largest absolute Gasteiger partial charge is 0.465 e. The second kappa shape index (κ2) is 5.03. The third-order valence-corrected chi connectivity index (χ3v) is 2.56. The molecule has 0 heterocycles. The van der Waals surface area contributed by atoms with Gasteiger partial charge in [-0.25, -0.2) is 13.6 Å². The molecule has 0 bridgehead atoms. The van der Waals surface area contributed by atoms with Crippen LogP contribution in [0.25, 0.3) is 0 Å². The molecule has 1 aromatic carbocycles. The number of hydrogen-bond acceptors (Lipinski definition) is 3. The number of methoxy groups -OCH3 is 1. The lowest BCUT2D eigenvalue weighted by atomic mass is 10.0. The number of hydrogen-bond donors (Lipinski definition) is 0. The van der Waals surface area contributed by atoms with Crippen molar-refractivity contribution in [1.82, 2.24) is 0 Å². The number of carbonyl (C=O) groups is 1. The van der Waals surface area contributed by atoms with E-state index in [1.165, 1.54) is 0 Å². The fourth-order valence-corrected chi connectivity index (χ4v) is 1.57. The van der Waals surface area contributed by atoms with Gasteiger partial charge in [0.1, 0.15) is 6.07 Å². The molecule has 0 spiro atoms. The minimum absolute atomic E-state index is 0.0444. The summed E-state index contributed by atoms with van der Waals surface area (Å²) in [5.74, 6) is -0.861. The van der Waals surface area contributed by atoms with Crippen molar-refractivity contribution in [2.24, 2.45) is 0 Å². The summed E-state index contributed by atoms with van der Waals surface area (Å²) in [5.41, 5.74) is -0.710. The lowest BCUT2D eigenvalue weighted by Crippen LogP contribution is -2.07. The molecule has 1 rings (SSSR count). The van der Waals surface area contributed by atoms with E-state index >= 15 is 0 Å². The van der Waals surface area contributed by atoms with Gasteiger partial charge < -0.3 is 4.74 Å². The van der Waals surface area contributed by atoms with Gasteiger partial charge in [0, 0.05) is 10.0 Å². The summed E-state index contributed by atoms with van der Waals surface area (Å²) in [5, 5.41) is 8.67. The number of benzene rings is 1. The Kier molecular flexibility index (Phi) is 3.96. The summed E-state index contributed by atoms with van der Waals surface area (Å²) in [6.07, 6.45) is -2.84. The number of alkyl halides is 2. The lowest BCUT2D eigenvalue weighted by Gasteiger charge is -2.08. The fraction of sp³-hybridized carbons (Fsp3) is 0.200. The molecular weight excluding hydrogens is 284 g/mol. The predicted molar refractivity (Wildman–Crippen MR) is 55.2 cm³/mol. The second-order valence-electron chi connectivity index (χ2n) is 2.82. The first-order valence-corrected chi connectivity index (χ1v) is 4.90. The van der Waals surface area contributed by atoms with Crippen molar-refractivity contribution < 1.29 is 18.3 Å². The van der Waals surface area contributed by atoms with Gasteiger partial charge in [-0.3, -0.25) is 0 Å². The quantitative estimate of drug-likeness (QED) is 0.786. The first-order valence-electron chi connectivity index (χ1n) is 4.11. The SMILES string of the molecule is COC(=O)c1cc(Br)c(C#N)cc1C(F)F. The maximum Gasteiger partial charge on any atom is 0.338 e. The highest BCUT2D eigenvalue weighted by molar-refractivity contribution is 9.10. The molecule has 84 valence electrons. The van der Waals surface area contributed by atoms with Gasteiger partial charge in [-0.15, -0.1) is 0 Å². The van der Waals surface area contributed by atoms with E-state index in [9.17, 15) is 13.6 Å². The van der Waals surface area contributed by atoms with E-state index in [-0.39, 0.29) is 15.6 Å². The zero-order valence-corrected chi connectivity index (χ0v) is 9.72. The summed E-state index contributed by atoms with van der Waals surface area (Å²) >= 11 is 3.01. The van der Waals surface area contributed by atoms with Gasteiger partial charge in [0.25, 0.3) is 6.43 Å². The van der Waals surface area contributed by atoms with Gasteiger partial charge in [-0.1, -0.05) is 0 Å². The smallest absolute Gasteiger partial charge is 0.338 e. The van der Waals surface area contributed by atoms with Crippen molar-refractivity contribution >= 4 is 21.9 Å². The molecule has 0 aliphatic carbocycles. The predicted octanol–water partition coefficient (Wildman–Crippen LogP) is 3.04. The third kappa shape index (κ3) is 2.36. The Morgan fingerprint density at radius 3 is 2.62 bits per heavy atom. The summed E-state index contributed by atoms with van der Waals surface area (Å²) in [4.78, 5) is 11.2. The van der Waals surface area contributed by atoms with Gasteiger partial charge in [0.2, 0.25) is 0 Å². The normalized spacial score (nSPS) is 10.0. The molecule has 0 N–H and O–H groups in total. The highest BCUT2D eigenvalue weighted by Crippen LogP contribution is 2.29. The molecule has 0 unspecified atom stereocenters. The summed E-state index contributed by atoms with van der Waals surface area (Å²) in [6.45, 7) is 0. The van der Waals surface area contributed by atoms with Gasteiger partial charge in [-0.2, -0.15) is 5.26 Å². The molecule has 0 radical (unpaired) electrons. The standard InChI is InChI=1S/C10H6BrF2NO2/c1-16-10(15)7-3-8(11)5(4-14)2-6(7)9(12)13/h2-3,9H,1H3. The fourth-order valence-electron chi connectivity index (χ4n) is 1.14. The van der Waals surface area contributed by atoms with E-state index in [0.29, 0.717) is 0 Å². The van der Waals surface area contributed by atoms with E-state index in [4.69, 9.17) is 5.26 Å². The average molecular weight is 290 g/mol. The first kappa shape index (κ1) is 12.6. The Balaban J connectivity index is 3.43. The molecule has 3 nitrogen and oxygen atoms in total. The van der Waals surface area contributed by atoms with Crippen LogP contribution in [0.3, 0.4) is 0 Å². The molecular formula is C10H6BrF2NO2. The van der Waals surface area contributed by atoms with Crippen molar-refractivity contribution in [2.75, 3.05) is 7.11 Å². The first-order chi connectivity index (χ1) is 7.51. The van der Waals surface area contributed by atoms with Gasteiger partial charge in [0.05, 0.1) is 18.2 Å². The minimum atomic E-state index is -2.84. The molecule has 0 aliphatic heterocycles. The van der Waals surface area contributed by atoms with E-state index < -0.39 is 18.0 Å². The molecule has 1 aromatic rings. The zero-order chi connectivity index (χ0) is 12.3. The van der Waals surface area contributed by atoms with Crippen molar-refractivity contribution in [3.63, 3.8) is 0 Å². The summed E-state index contributed by atoms with van der Waals surface area (Å²) in [7, 11) is 1.10. The average Bonchev–Trinajstić information content (AvgIpc) is 2.27. The Hall–Kier alpha value is -1.48. The van der Waals surface area contributed by atoms with E-state index in [1.54, 1.807) is 6.07 Å². The van der Waals surface area contributed by atoms with Crippen LogP contribution in [0.15, 0.2) is 16.6 Å². The van der Waals surface area contributed by atoms with Gasteiger partial charge in [-0.05, 0) is 28.1 Å². The Morgan fingerprint density at radius 1 is 1.56 bits per heavy atom.